The van der Waals surface area contributed by atoms with Crippen LogP contribution in [-0.2, 0) is 6.42 Å². The molecule has 0 saturated heterocycles. The highest BCUT2D eigenvalue weighted by molar-refractivity contribution is 5.66. The van der Waals surface area contributed by atoms with Gasteiger partial charge in [-0.25, -0.2) is 0 Å². The molecule has 0 aliphatic carbocycles. The molecule has 2 N–H and O–H groups in total. The second kappa shape index (κ2) is 5.30. The van der Waals surface area contributed by atoms with E-state index in [0.29, 0.717) is 5.89 Å². The van der Waals surface area contributed by atoms with E-state index in [0.717, 1.165) is 29.9 Å². The lowest BCUT2D eigenvalue weighted by Gasteiger charge is -1.93. The minimum absolute atomic E-state index is 0.533. The lowest BCUT2D eigenvalue weighted by Crippen LogP contribution is -1.84. The van der Waals surface area contributed by atoms with E-state index in [-0.39, 0.29) is 0 Å². The van der Waals surface area contributed by atoms with Crippen LogP contribution in [0.25, 0.3) is 12.2 Å². The molecule has 0 aliphatic rings. The maximum atomic E-state index is 5.61. The molecule has 0 amide bonds. The molecule has 0 unspecified atom stereocenters. The molecule has 4 heteroatoms. The second-order valence-corrected chi connectivity index (χ2v) is 3.80. The van der Waals surface area contributed by atoms with E-state index in [1.807, 2.05) is 30.3 Å². The normalized spacial score (nSPS) is 11.1. The third kappa shape index (κ3) is 3.17. The van der Waals surface area contributed by atoms with E-state index in [2.05, 4.69) is 17.1 Å². The molecular weight excluding hydrogens is 214 g/mol. The Labute approximate surface area is 100 Å². The van der Waals surface area contributed by atoms with Gasteiger partial charge in [0.15, 0.2) is 5.82 Å². The van der Waals surface area contributed by atoms with Gasteiger partial charge < -0.3 is 10.3 Å². The van der Waals surface area contributed by atoms with E-state index >= 15 is 0 Å². The molecule has 1 aromatic heterocycles. The maximum absolute atomic E-state index is 5.61. The van der Waals surface area contributed by atoms with Crippen LogP contribution in [-0.4, -0.2) is 10.1 Å². The summed E-state index contributed by atoms with van der Waals surface area (Å²) in [6, 6.07) is 7.59. The Balaban J connectivity index is 2.06. The summed E-state index contributed by atoms with van der Waals surface area (Å²) in [7, 11) is 0. The van der Waals surface area contributed by atoms with Crippen molar-refractivity contribution in [3.05, 3.63) is 41.5 Å². The number of hydrogen-bond acceptors (Lipinski definition) is 4. The number of benzene rings is 1. The molecule has 2 rings (SSSR count). The first kappa shape index (κ1) is 11.4. The highest BCUT2D eigenvalue weighted by atomic mass is 16.5. The van der Waals surface area contributed by atoms with Gasteiger partial charge in [0.1, 0.15) is 0 Å². The Morgan fingerprint density at radius 3 is 2.71 bits per heavy atom. The zero-order chi connectivity index (χ0) is 12.1. The summed E-state index contributed by atoms with van der Waals surface area (Å²) in [6.07, 6.45) is 5.58. The van der Waals surface area contributed by atoms with Crippen LogP contribution < -0.4 is 5.73 Å². The van der Waals surface area contributed by atoms with Crippen molar-refractivity contribution in [2.24, 2.45) is 0 Å². The minimum atomic E-state index is 0.533. The van der Waals surface area contributed by atoms with E-state index in [9.17, 15) is 0 Å². The topological polar surface area (TPSA) is 64.9 Å². The molecule has 0 spiro atoms. The standard InChI is InChI=1S/C13H15N3O/c1-2-3-12-15-13(17-16-12)9-6-10-4-7-11(14)8-5-10/h4-9H,2-3,14H2,1H3/b9-6+. The number of nitrogens with two attached hydrogens (primary N) is 1. The smallest absolute Gasteiger partial charge is 0.250 e. The second-order valence-electron chi connectivity index (χ2n) is 3.80. The van der Waals surface area contributed by atoms with E-state index in [4.69, 9.17) is 10.3 Å². The molecule has 0 aliphatic heterocycles. The predicted octanol–water partition coefficient (Wildman–Crippen LogP) is 2.77. The van der Waals surface area contributed by atoms with Crippen LogP contribution >= 0.6 is 0 Å². The van der Waals surface area contributed by atoms with Gasteiger partial charge in [-0.15, -0.1) is 0 Å². The van der Waals surface area contributed by atoms with Crippen molar-refractivity contribution in [2.75, 3.05) is 5.73 Å². The quantitative estimate of drug-likeness (QED) is 0.819. The Morgan fingerprint density at radius 1 is 1.24 bits per heavy atom. The molecule has 88 valence electrons. The number of nitrogens with zero attached hydrogens (tertiary/aromatic N) is 2. The SMILES string of the molecule is CCCc1noc(/C=C/c2ccc(N)cc2)n1. The van der Waals surface area contributed by atoms with Crippen LogP contribution in [0.2, 0.25) is 0 Å². The van der Waals surface area contributed by atoms with Crippen LogP contribution in [0.1, 0.15) is 30.6 Å². The van der Waals surface area contributed by atoms with Gasteiger partial charge in [0.25, 0.3) is 5.89 Å². The molecule has 0 fully saturated rings. The summed E-state index contributed by atoms with van der Waals surface area (Å²) in [5.74, 6) is 1.29. The first-order valence-corrected chi connectivity index (χ1v) is 5.64. The maximum Gasteiger partial charge on any atom is 0.250 e. The van der Waals surface area contributed by atoms with Crippen molar-refractivity contribution < 1.29 is 4.52 Å². The first-order chi connectivity index (χ1) is 8.28. The van der Waals surface area contributed by atoms with Crippen molar-refractivity contribution in [3.63, 3.8) is 0 Å². The van der Waals surface area contributed by atoms with Crippen LogP contribution in [0.15, 0.2) is 28.8 Å². The Bertz CT molecular complexity index is 500. The molecule has 0 atom stereocenters. The van der Waals surface area contributed by atoms with Crippen molar-refractivity contribution in [2.45, 2.75) is 19.8 Å². The van der Waals surface area contributed by atoms with Gasteiger partial charge in [0.05, 0.1) is 0 Å². The van der Waals surface area contributed by atoms with Gasteiger partial charge in [0, 0.05) is 18.2 Å². The number of nitrogen functional groups attached to an aromatic ring is 1. The van der Waals surface area contributed by atoms with E-state index < -0.39 is 0 Å². The van der Waals surface area contributed by atoms with Gasteiger partial charge in [-0.2, -0.15) is 4.98 Å². The fourth-order valence-electron chi connectivity index (χ4n) is 1.43. The van der Waals surface area contributed by atoms with Crippen LogP contribution in [0.5, 0.6) is 0 Å². The van der Waals surface area contributed by atoms with Crippen LogP contribution in [0.4, 0.5) is 5.69 Å². The van der Waals surface area contributed by atoms with Crippen molar-refractivity contribution >= 4 is 17.8 Å². The Kier molecular flexibility index (Phi) is 3.55. The highest BCUT2D eigenvalue weighted by Crippen LogP contribution is 2.10. The highest BCUT2D eigenvalue weighted by Gasteiger charge is 2.01. The number of anilines is 1. The zero-order valence-corrected chi connectivity index (χ0v) is 9.76. The molecule has 0 radical (unpaired) electrons. The summed E-state index contributed by atoms with van der Waals surface area (Å²) >= 11 is 0. The summed E-state index contributed by atoms with van der Waals surface area (Å²) in [5.41, 5.74) is 7.41. The van der Waals surface area contributed by atoms with Crippen molar-refractivity contribution in [3.8, 4) is 0 Å². The minimum Gasteiger partial charge on any atom is -0.399 e. The summed E-state index contributed by atoms with van der Waals surface area (Å²) < 4.78 is 5.09. The summed E-state index contributed by atoms with van der Waals surface area (Å²) in [6.45, 7) is 2.08. The number of rotatable bonds is 4. The molecule has 4 nitrogen and oxygen atoms in total. The van der Waals surface area contributed by atoms with Gasteiger partial charge >= 0.3 is 0 Å². The summed E-state index contributed by atoms with van der Waals surface area (Å²) in [5, 5.41) is 3.87. The number of aryl methyl sites for hydroxylation is 1. The molecule has 0 bridgehead atoms. The fraction of sp³-hybridized carbons (Fsp3) is 0.231. The zero-order valence-electron chi connectivity index (χ0n) is 9.76. The number of hydrogen-bond donors (Lipinski definition) is 1. The first-order valence-electron chi connectivity index (χ1n) is 5.64. The van der Waals surface area contributed by atoms with Gasteiger partial charge in [0.2, 0.25) is 0 Å². The molecular formula is C13H15N3O. The molecule has 2 aromatic rings. The predicted molar refractivity (Wildman–Crippen MR) is 68.1 cm³/mol. The third-order valence-corrected chi connectivity index (χ3v) is 2.31. The molecule has 1 heterocycles. The fourth-order valence-corrected chi connectivity index (χ4v) is 1.43. The average molecular weight is 229 g/mol. The number of aromatic nitrogens is 2. The van der Waals surface area contributed by atoms with Gasteiger partial charge in [-0.1, -0.05) is 24.2 Å². The van der Waals surface area contributed by atoms with Gasteiger partial charge in [-0.05, 0) is 30.2 Å². The Hall–Kier alpha value is -2.10. The van der Waals surface area contributed by atoms with E-state index in [1.165, 1.54) is 0 Å². The largest absolute Gasteiger partial charge is 0.399 e. The monoisotopic (exact) mass is 229 g/mol. The molecule has 0 saturated carbocycles. The van der Waals surface area contributed by atoms with Gasteiger partial charge in [-0.3, -0.25) is 0 Å². The molecule has 1 aromatic carbocycles. The third-order valence-electron chi connectivity index (χ3n) is 2.31. The van der Waals surface area contributed by atoms with Crippen molar-refractivity contribution in [1.29, 1.82) is 0 Å². The lowest BCUT2D eigenvalue weighted by molar-refractivity contribution is 0.403. The van der Waals surface area contributed by atoms with Crippen molar-refractivity contribution in [1.82, 2.24) is 10.1 Å². The van der Waals surface area contributed by atoms with Crippen LogP contribution in [0.3, 0.4) is 0 Å². The average Bonchev–Trinajstić information content (AvgIpc) is 2.77. The molecule has 17 heavy (non-hydrogen) atoms. The lowest BCUT2D eigenvalue weighted by atomic mass is 10.2. The Morgan fingerprint density at radius 2 is 2.00 bits per heavy atom. The van der Waals surface area contributed by atoms with Crippen LogP contribution in [0, 0.1) is 0 Å². The summed E-state index contributed by atoms with van der Waals surface area (Å²) in [4.78, 5) is 4.24. The van der Waals surface area contributed by atoms with E-state index in [1.54, 1.807) is 6.08 Å².